The minimum absolute atomic E-state index is 0.0354. The van der Waals surface area contributed by atoms with E-state index in [1.807, 2.05) is 25.1 Å². The Labute approximate surface area is 103 Å². The van der Waals surface area contributed by atoms with E-state index in [1.165, 1.54) is 0 Å². The molecule has 0 bridgehead atoms. The van der Waals surface area contributed by atoms with E-state index >= 15 is 0 Å². The maximum atomic E-state index is 11.7. The van der Waals surface area contributed by atoms with Crippen molar-refractivity contribution in [3.63, 3.8) is 0 Å². The number of hydrogen-bond acceptors (Lipinski definition) is 2. The van der Waals surface area contributed by atoms with Crippen LogP contribution in [0.1, 0.15) is 12.0 Å². The molecule has 1 aromatic rings. The minimum atomic E-state index is -0.170. The molecule has 2 rings (SSSR count). The van der Waals surface area contributed by atoms with Crippen molar-refractivity contribution in [3.8, 4) is 6.07 Å². The molecule has 16 heavy (non-hydrogen) atoms. The molecule has 0 N–H and O–H groups in total. The summed E-state index contributed by atoms with van der Waals surface area (Å²) >= 11 is 3.42. The lowest BCUT2D eigenvalue weighted by Gasteiger charge is -2.16. The van der Waals surface area contributed by atoms with E-state index in [0.29, 0.717) is 13.0 Å². The zero-order chi connectivity index (χ0) is 11.7. The second kappa shape index (κ2) is 4.26. The van der Waals surface area contributed by atoms with Gasteiger partial charge in [-0.2, -0.15) is 5.26 Å². The molecule has 1 atom stereocenters. The summed E-state index contributed by atoms with van der Waals surface area (Å²) < 4.78 is 1.03. The minimum Gasteiger partial charge on any atom is -0.311 e. The van der Waals surface area contributed by atoms with Gasteiger partial charge in [0.2, 0.25) is 5.91 Å². The summed E-state index contributed by atoms with van der Waals surface area (Å²) in [6, 6.07) is 7.93. The number of anilines is 1. The number of rotatable bonds is 1. The Balaban J connectivity index is 2.29. The smallest absolute Gasteiger partial charge is 0.228 e. The molecule has 0 radical (unpaired) electrons. The van der Waals surface area contributed by atoms with Crippen molar-refractivity contribution in [3.05, 3.63) is 28.2 Å². The molecule has 1 aliphatic heterocycles. The SMILES string of the molecule is Cc1cc(N2CC(C#N)CC2=O)ccc1Br. The first-order valence-electron chi connectivity index (χ1n) is 5.08. The lowest BCUT2D eigenvalue weighted by atomic mass is 10.1. The predicted octanol–water partition coefficient (Wildman–Crippen LogP) is 2.63. The molecule has 0 spiro atoms. The number of nitriles is 1. The van der Waals surface area contributed by atoms with Crippen LogP contribution in [-0.2, 0) is 4.79 Å². The lowest BCUT2D eigenvalue weighted by molar-refractivity contribution is -0.117. The highest BCUT2D eigenvalue weighted by Gasteiger charge is 2.30. The van der Waals surface area contributed by atoms with Gasteiger partial charge >= 0.3 is 0 Å². The highest BCUT2D eigenvalue weighted by molar-refractivity contribution is 9.10. The standard InChI is InChI=1S/C12H11BrN2O/c1-8-4-10(2-3-11(8)13)15-7-9(6-14)5-12(15)16/h2-4,9H,5,7H2,1H3. The summed E-state index contributed by atoms with van der Waals surface area (Å²) in [5.74, 6) is -0.135. The van der Waals surface area contributed by atoms with Crippen LogP contribution in [0.4, 0.5) is 5.69 Å². The first-order valence-corrected chi connectivity index (χ1v) is 5.87. The van der Waals surface area contributed by atoms with Gasteiger partial charge in [-0.05, 0) is 30.7 Å². The van der Waals surface area contributed by atoms with E-state index in [2.05, 4.69) is 22.0 Å². The number of carbonyl (C=O) groups excluding carboxylic acids is 1. The highest BCUT2D eigenvalue weighted by Crippen LogP contribution is 2.28. The number of nitrogens with zero attached hydrogens (tertiary/aromatic N) is 2. The molecule has 0 aliphatic carbocycles. The molecule has 0 saturated carbocycles. The third kappa shape index (κ3) is 1.96. The van der Waals surface area contributed by atoms with Crippen molar-refractivity contribution in [1.29, 1.82) is 5.26 Å². The number of amides is 1. The predicted molar refractivity (Wildman–Crippen MR) is 65.0 cm³/mol. The highest BCUT2D eigenvalue weighted by atomic mass is 79.9. The van der Waals surface area contributed by atoms with E-state index in [0.717, 1.165) is 15.7 Å². The molecular weight excluding hydrogens is 268 g/mol. The Morgan fingerprint density at radius 3 is 2.88 bits per heavy atom. The Bertz CT molecular complexity index is 478. The molecule has 3 nitrogen and oxygen atoms in total. The summed E-state index contributed by atoms with van der Waals surface area (Å²) in [6.07, 6.45) is 0.339. The molecule has 1 aliphatic rings. The monoisotopic (exact) mass is 278 g/mol. The fraction of sp³-hybridized carbons (Fsp3) is 0.333. The van der Waals surface area contributed by atoms with E-state index < -0.39 is 0 Å². The van der Waals surface area contributed by atoms with Crippen LogP contribution in [0.15, 0.2) is 22.7 Å². The van der Waals surface area contributed by atoms with Crippen molar-refractivity contribution in [2.45, 2.75) is 13.3 Å². The van der Waals surface area contributed by atoms with Crippen LogP contribution in [0.3, 0.4) is 0 Å². The van der Waals surface area contributed by atoms with E-state index in [4.69, 9.17) is 5.26 Å². The van der Waals surface area contributed by atoms with Gasteiger partial charge < -0.3 is 4.90 Å². The number of halogens is 1. The fourth-order valence-corrected chi connectivity index (χ4v) is 2.09. The van der Waals surface area contributed by atoms with Crippen molar-refractivity contribution in [2.75, 3.05) is 11.4 Å². The first-order chi connectivity index (χ1) is 7.61. The van der Waals surface area contributed by atoms with E-state index in [1.54, 1.807) is 4.90 Å². The molecule has 1 heterocycles. The quantitative estimate of drug-likeness (QED) is 0.793. The number of benzene rings is 1. The molecule has 1 fully saturated rings. The maximum Gasteiger partial charge on any atom is 0.228 e. The zero-order valence-corrected chi connectivity index (χ0v) is 10.5. The second-order valence-electron chi connectivity index (χ2n) is 3.97. The summed E-state index contributed by atoms with van der Waals surface area (Å²) in [5, 5.41) is 8.81. The molecule has 82 valence electrons. The van der Waals surface area contributed by atoms with Crippen LogP contribution in [0.2, 0.25) is 0 Å². The van der Waals surface area contributed by atoms with Crippen LogP contribution in [0.25, 0.3) is 0 Å². The van der Waals surface area contributed by atoms with Gasteiger partial charge in [-0.25, -0.2) is 0 Å². The van der Waals surface area contributed by atoms with Crippen molar-refractivity contribution in [1.82, 2.24) is 0 Å². The van der Waals surface area contributed by atoms with Crippen molar-refractivity contribution in [2.24, 2.45) is 5.92 Å². The van der Waals surface area contributed by atoms with Crippen molar-refractivity contribution < 1.29 is 4.79 Å². The number of carbonyl (C=O) groups is 1. The summed E-state index contributed by atoms with van der Waals surface area (Å²) in [7, 11) is 0. The molecule has 1 unspecified atom stereocenters. The van der Waals surface area contributed by atoms with Gasteiger partial charge in [0.25, 0.3) is 0 Å². The van der Waals surface area contributed by atoms with Crippen LogP contribution in [-0.4, -0.2) is 12.5 Å². The summed E-state index contributed by atoms with van der Waals surface area (Å²) in [6.45, 7) is 2.49. The molecule has 1 aromatic carbocycles. The Kier molecular flexibility index (Phi) is 2.97. The lowest BCUT2D eigenvalue weighted by Crippen LogP contribution is -2.24. The Hall–Kier alpha value is -1.34. The average Bonchev–Trinajstić information content (AvgIpc) is 2.64. The van der Waals surface area contributed by atoms with E-state index in [-0.39, 0.29) is 11.8 Å². The molecular formula is C12H11BrN2O. The number of hydrogen-bond donors (Lipinski definition) is 0. The van der Waals surface area contributed by atoms with Crippen molar-refractivity contribution >= 4 is 27.5 Å². The van der Waals surface area contributed by atoms with Gasteiger partial charge in [0.15, 0.2) is 0 Å². The van der Waals surface area contributed by atoms with Crippen LogP contribution in [0.5, 0.6) is 0 Å². The Morgan fingerprint density at radius 1 is 1.56 bits per heavy atom. The largest absolute Gasteiger partial charge is 0.311 e. The second-order valence-corrected chi connectivity index (χ2v) is 4.82. The van der Waals surface area contributed by atoms with Gasteiger partial charge in [0, 0.05) is 23.1 Å². The van der Waals surface area contributed by atoms with Crippen LogP contribution in [0, 0.1) is 24.2 Å². The van der Waals surface area contributed by atoms with Gasteiger partial charge in [0.05, 0.1) is 12.0 Å². The van der Waals surface area contributed by atoms with Gasteiger partial charge in [-0.15, -0.1) is 0 Å². The molecule has 1 saturated heterocycles. The zero-order valence-electron chi connectivity index (χ0n) is 8.90. The van der Waals surface area contributed by atoms with Crippen LogP contribution < -0.4 is 4.90 Å². The Morgan fingerprint density at radius 2 is 2.31 bits per heavy atom. The third-order valence-electron chi connectivity index (χ3n) is 2.76. The van der Waals surface area contributed by atoms with Gasteiger partial charge in [-0.1, -0.05) is 15.9 Å². The van der Waals surface area contributed by atoms with Gasteiger partial charge in [0.1, 0.15) is 0 Å². The summed E-state index contributed by atoms with van der Waals surface area (Å²) in [5.41, 5.74) is 1.97. The molecule has 4 heteroatoms. The number of aryl methyl sites for hydroxylation is 1. The normalized spacial score (nSPS) is 19.9. The van der Waals surface area contributed by atoms with Gasteiger partial charge in [-0.3, -0.25) is 4.79 Å². The fourth-order valence-electron chi connectivity index (χ4n) is 1.84. The van der Waals surface area contributed by atoms with Crippen LogP contribution >= 0.6 is 15.9 Å². The average molecular weight is 279 g/mol. The maximum absolute atomic E-state index is 11.7. The summed E-state index contributed by atoms with van der Waals surface area (Å²) in [4.78, 5) is 13.4. The first kappa shape index (κ1) is 11.2. The molecule has 1 amide bonds. The third-order valence-corrected chi connectivity index (χ3v) is 3.65. The van der Waals surface area contributed by atoms with E-state index in [9.17, 15) is 4.79 Å². The topological polar surface area (TPSA) is 44.1 Å². The molecule has 0 aromatic heterocycles.